The fourth-order valence-electron chi connectivity index (χ4n) is 3.77. The molecule has 0 spiro atoms. The van der Waals surface area contributed by atoms with Crippen molar-refractivity contribution in [1.82, 2.24) is 4.90 Å². The third-order valence-corrected chi connectivity index (χ3v) is 4.84. The van der Waals surface area contributed by atoms with Gasteiger partial charge in [-0.15, -0.1) is 0 Å². The molecule has 2 aliphatic rings. The van der Waals surface area contributed by atoms with Crippen LogP contribution in [0.25, 0.3) is 5.70 Å². The molecule has 0 atom stereocenters. The first-order valence-corrected chi connectivity index (χ1v) is 8.69. The van der Waals surface area contributed by atoms with E-state index in [-0.39, 0.29) is 28.4 Å². The maximum absolute atomic E-state index is 13.8. The monoisotopic (exact) mass is 329 g/mol. The molecule has 1 heterocycles. The minimum atomic E-state index is -0.348. The van der Waals surface area contributed by atoms with E-state index >= 15 is 0 Å². The van der Waals surface area contributed by atoms with Crippen LogP contribution in [0.3, 0.4) is 0 Å². The van der Waals surface area contributed by atoms with E-state index in [1.54, 1.807) is 12.1 Å². The van der Waals surface area contributed by atoms with E-state index in [9.17, 15) is 14.0 Å². The third kappa shape index (κ3) is 3.42. The second-order valence-electron chi connectivity index (χ2n) is 7.65. The molecule has 128 valence electrons. The lowest BCUT2D eigenvalue weighted by atomic mass is 9.73. The zero-order valence-corrected chi connectivity index (χ0v) is 14.4. The van der Waals surface area contributed by atoms with Gasteiger partial charge in [0.05, 0.1) is 11.3 Å². The molecule has 24 heavy (non-hydrogen) atoms. The predicted molar refractivity (Wildman–Crippen MR) is 91.8 cm³/mol. The lowest BCUT2D eigenvalue weighted by molar-refractivity contribution is -0.127. The van der Waals surface area contributed by atoms with Gasteiger partial charge < -0.3 is 4.90 Å². The lowest BCUT2D eigenvalue weighted by Crippen LogP contribution is -2.36. The highest BCUT2D eigenvalue weighted by atomic mass is 19.1. The molecule has 0 bridgehead atoms. The van der Waals surface area contributed by atoms with Crippen molar-refractivity contribution in [3.63, 3.8) is 0 Å². The number of allylic oxidation sites excluding steroid dienone is 1. The van der Waals surface area contributed by atoms with Crippen LogP contribution in [-0.2, 0) is 9.59 Å². The van der Waals surface area contributed by atoms with E-state index in [1.807, 2.05) is 13.8 Å². The van der Waals surface area contributed by atoms with Gasteiger partial charge in [0, 0.05) is 31.5 Å². The number of rotatable bonds is 2. The summed E-state index contributed by atoms with van der Waals surface area (Å²) in [6, 6.07) is 6.24. The number of hydrogen-bond donors (Lipinski definition) is 0. The Morgan fingerprint density at radius 3 is 2.25 bits per heavy atom. The van der Waals surface area contributed by atoms with Gasteiger partial charge in [0.25, 0.3) is 0 Å². The molecule has 1 saturated heterocycles. The quantitative estimate of drug-likeness (QED) is 0.608. The summed E-state index contributed by atoms with van der Waals surface area (Å²) in [6.45, 7) is 5.50. The van der Waals surface area contributed by atoms with Gasteiger partial charge in [0.2, 0.25) is 0 Å². The number of likely N-dealkylation sites (tertiary alicyclic amines) is 1. The molecule has 1 aliphatic carbocycles. The molecule has 1 aliphatic heterocycles. The van der Waals surface area contributed by atoms with Crippen molar-refractivity contribution in [3.05, 3.63) is 41.2 Å². The van der Waals surface area contributed by atoms with Gasteiger partial charge >= 0.3 is 0 Å². The van der Waals surface area contributed by atoms with E-state index in [2.05, 4.69) is 4.90 Å². The first kappa shape index (κ1) is 16.9. The van der Waals surface area contributed by atoms with E-state index in [4.69, 9.17) is 0 Å². The molecule has 2 fully saturated rings. The first-order chi connectivity index (χ1) is 11.4. The molecule has 1 saturated carbocycles. The van der Waals surface area contributed by atoms with Crippen LogP contribution in [0, 0.1) is 11.2 Å². The largest absolute Gasteiger partial charge is 0.370 e. The molecular weight excluding hydrogens is 305 g/mol. The Morgan fingerprint density at radius 1 is 1.04 bits per heavy atom. The highest BCUT2D eigenvalue weighted by Crippen LogP contribution is 2.38. The van der Waals surface area contributed by atoms with E-state index in [0.29, 0.717) is 24.1 Å². The number of benzene rings is 1. The van der Waals surface area contributed by atoms with Crippen molar-refractivity contribution in [2.45, 2.75) is 46.0 Å². The van der Waals surface area contributed by atoms with Gasteiger partial charge in [-0.3, -0.25) is 9.59 Å². The van der Waals surface area contributed by atoms with Gasteiger partial charge in [-0.1, -0.05) is 26.0 Å². The van der Waals surface area contributed by atoms with Gasteiger partial charge in [-0.2, -0.15) is 0 Å². The number of carbonyl (C=O) groups is 2. The Morgan fingerprint density at radius 2 is 1.67 bits per heavy atom. The van der Waals surface area contributed by atoms with Crippen LogP contribution in [0.1, 0.15) is 51.5 Å². The molecule has 1 aromatic rings. The van der Waals surface area contributed by atoms with E-state index < -0.39 is 0 Å². The smallest absolute Gasteiger partial charge is 0.169 e. The van der Waals surface area contributed by atoms with Gasteiger partial charge in [-0.25, -0.2) is 4.39 Å². The van der Waals surface area contributed by atoms with Crippen molar-refractivity contribution < 1.29 is 14.0 Å². The van der Waals surface area contributed by atoms with Crippen molar-refractivity contribution in [2.75, 3.05) is 13.1 Å². The van der Waals surface area contributed by atoms with Gasteiger partial charge in [0.1, 0.15) is 5.82 Å². The Bertz CT molecular complexity index is 677. The fourth-order valence-corrected chi connectivity index (χ4v) is 3.77. The Labute approximate surface area is 142 Å². The van der Waals surface area contributed by atoms with Gasteiger partial charge in [0.15, 0.2) is 11.6 Å². The van der Waals surface area contributed by atoms with Crippen molar-refractivity contribution >= 4 is 17.3 Å². The summed E-state index contributed by atoms with van der Waals surface area (Å²) in [5, 5.41) is 0. The summed E-state index contributed by atoms with van der Waals surface area (Å²) in [5.41, 5.74) is 1.25. The summed E-state index contributed by atoms with van der Waals surface area (Å²) in [5.74, 6) is -0.569. The maximum Gasteiger partial charge on any atom is 0.169 e. The number of piperidine rings is 1. The van der Waals surface area contributed by atoms with E-state index in [0.717, 1.165) is 32.4 Å². The van der Waals surface area contributed by atoms with Crippen LogP contribution >= 0.6 is 0 Å². The number of nitrogens with zero attached hydrogens (tertiary/aromatic N) is 1. The zero-order chi connectivity index (χ0) is 17.3. The second kappa shape index (κ2) is 6.50. The predicted octanol–water partition coefficient (Wildman–Crippen LogP) is 3.98. The van der Waals surface area contributed by atoms with Crippen LogP contribution in [0.15, 0.2) is 29.8 Å². The molecular formula is C20H24FNO2. The molecule has 4 heteroatoms. The highest BCUT2D eigenvalue weighted by Gasteiger charge is 2.38. The highest BCUT2D eigenvalue weighted by molar-refractivity contribution is 6.26. The average Bonchev–Trinajstić information content (AvgIpc) is 2.50. The lowest BCUT2D eigenvalue weighted by Gasteiger charge is -2.35. The maximum atomic E-state index is 13.8. The molecule has 0 unspecified atom stereocenters. The topological polar surface area (TPSA) is 37.4 Å². The Hall–Kier alpha value is -1.97. The van der Waals surface area contributed by atoms with E-state index in [1.165, 1.54) is 12.1 Å². The SMILES string of the molecule is CC1(C)CC(=O)C(=C(c2cccc(F)c2)N2CCCCC2)C(=O)C1. The zero-order valence-electron chi connectivity index (χ0n) is 14.4. The summed E-state index contributed by atoms with van der Waals surface area (Å²) in [6.07, 6.45) is 3.93. The van der Waals surface area contributed by atoms with Crippen molar-refractivity contribution in [3.8, 4) is 0 Å². The summed E-state index contributed by atoms with van der Waals surface area (Å²) in [7, 11) is 0. The molecule has 0 radical (unpaired) electrons. The standard InChI is InChI=1S/C20H24FNO2/c1-20(2)12-16(23)18(17(24)13-20)19(22-9-4-3-5-10-22)14-7-6-8-15(21)11-14/h6-8,11H,3-5,9-10,12-13H2,1-2H3. The molecule has 0 N–H and O–H groups in total. The molecule has 1 aromatic carbocycles. The minimum absolute atomic E-state index is 0.110. The number of carbonyl (C=O) groups excluding carboxylic acids is 2. The Kier molecular flexibility index (Phi) is 4.57. The van der Waals surface area contributed by atoms with Crippen molar-refractivity contribution in [2.24, 2.45) is 5.41 Å². The second-order valence-corrected chi connectivity index (χ2v) is 7.65. The average molecular weight is 329 g/mol. The fraction of sp³-hybridized carbons (Fsp3) is 0.500. The minimum Gasteiger partial charge on any atom is -0.370 e. The molecule has 0 aromatic heterocycles. The van der Waals surface area contributed by atoms with Crippen LogP contribution in [0.5, 0.6) is 0 Å². The number of ketones is 2. The molecule has 0 amide bonds. The summed E-state index contributed by atoms with van der Waals surface area (Å²) in [4.78, 5) is 27.6. The Balaban J connectivity index is 2.13. The molecule has 3 nitrogen and oxygen atoms in total. The van der Waals surface area contributed by atoms with Crippen LogP contribution in [0.4, 0.5) is 4.39 Å². The number of hydrogen-bond acceptors (Lipinski definition) is 3. The molecule has 3 rings (SSSR count). The van der Waals surface area contributed by atoms with Gasteiger partial charge in [-0.05, 0) is 36.8 Å². The summed E-state index contributed by atoms with van der Waals surface area (Å²) < 4.78 is 13.8. The van der Waals surface area contributed by atoms with Crippen LogP contribution in [-0.4, -0.2) is 29.6 Å². The summed E-state index contributed by atoms with van der Waals surface area (Å²) >= 11 is 0. The number of Topliss-reactive ketones (excluding diaryl/α,β-unsaturated/α-hetero) is 2. The van der Waals surface area contributed by atoms with Crippen LogP contribution < -0.4 is 0 Å². The van der Waals surface area contributed by atoms with Crippen LogP contribution in [0.2, 0.25) is 0 Å². The third-order valence-electron chi connectivity index (χ3n) is 4.84. The normalized spacial score (nSPS) is 21.1. The first-order valence-electron chi connectivity index (χ1n) is 8.69. The van der Waals surface area contributed by atoms with Crippen molar-refractivity contribution in [1.29, 1.82) is 0 Å². The number of halogens is 1.